The van der Waals surface area contributed by atoms with Crippen LogP contribution in [0.5, 0.6) is 5.75 Å². The number of ether oxygens (including phenoxy) is 2. The Hall–Kier alpha value is -3.95. The van der Waals surface area contributed by atoms with E-state index in [-0.39, 0.29) is 30.1 Å². The molecule has 232 valence electrons. The van der Waals surface area contributed by atoms with Gasteiger partial charge in [-0.1, -0.05) is 36.4 Å². The summed E-state index contributed by atoms with van der Waals surface area (Å²) < 4.78 is 27.9. The summed E-state index contributed by atoms with van der Waals surface area (Å²) in [4.78, 5) is 22.3. The molecule has 1 amide bonds. The number of likely N-dealkylation sites (N-methyl/N-ethyl adjacent to an activating group) is 1. The molecule has 0 radical (unpaired) electrons. The molecule has 8 nitrogen and oxygen atoms in total. The monoisotopic (exact) mass is 599 g/mol. The number of anilines is 1. The third kappa shape index (κ3) is 6.44. The number of methoxy groups -OCH3 is 1. The molecule has 2 aliphatic heterocycles. The van der Waals surface area contributed by atoms with Gasteiger partial charge < -0.3 is 29.6 Å². The van der Waals surface area contributed by atoms with E-state index in [4.69, 9.17) is 20.2 Å². The van der Waals surface area contributed by atoms with Crippen molar-refractivity contribution in [3.8, 4) is 16.9 Å². The number of likely N-dealkylation sites (tertiary alicyclic amines) is 1. The van der Waals surface area contributed by atoms with Crippen molar-refractivity contribution >= 4 is 22.6 Å². The normalized spacial score (nSPS) is 17.4. The number of nitrogens with two attached hydrogens (primary N) is 1. The molecular weight excluding hydrogens is 557 g/mol. The number of benzene rings is 3. The van der Waals surface area contributed by atoms with Crippen LogP contribution in [-0.4, -0.2) is 73.4 Å². The number of aryl methyl sites for hydroxylation is 1. The number of rotatable bonds is 10. The predicted molar refractivity (Wildman–Crippen MR) is 172 cm³/mol. The standard InChI is InChI=1S/C35H42FN5O3/c1-39-17-19-44-32-21-26(13-14-30(32)39)25-11-9-24(10-12-25)20-28(37)22-33(42)40-15-4-6-27(23-40)35-38-34-29(36)7-3-8-31(34)41(35)16-5-18-43-2/h3,7-14,21,27-28H,4-6,15-20,22-23,37H2,1-2H3. The van der Waals surface area contributed by atoms with E-state index >= 15 is 0 Å². The largest absolute Gasteiger partial charge is 0.490 e. The molecule has 0 bridgehead atoms. The van der Waals surface area contributed by atoms with E-state index in [2.05, 4.69) is 59.0 Å². The zero-order valence-corrected chi connectivity index (χ0v) is 25.7. The van der Waals surface area contributed by atoms with E-state index in [1.54, 1.807) is 13.2 Å². The van der Waals surface area contributed by atoms with Gasteiger partial charge in [-0.25, -0.2) is 9.37 Å². The lowest BCUT2D eigenvalue weighted by Gasteiger charge is -2.33. The Balaban J connectivity index is 1.08. The lowest BCUT2D eigenvalue weighted by molar-refractivity contribution is -0.132. The SMILES string of the molecule is COCCCn1c(C2CCCN(C(=O)CC(N)Cc3ccc(-c4ccc5c(c4)OCCN5C)cc3)C2)nc2c(F)cccc21. The molecule has 9 heteroatoms. The summed E-state index contributed by atoms with van der Waals surface area (Å²) in [6, 6.07) is 19.5. The lowest BCUT2D eigenvalue weighted by Crippen LogP contribution is -2.42. The van der Waals surface area contributed by atoms with E-state index in [1.165, 1.54) is 6.07 Å². The number of halogens is 1. The summed E-state index contributed by atoms with van der Waals surface area (Å²) in [7, 11) is 3.76. The Morgan fingerprint density at radius 3 is 2.77 bits per heavy atom. The number of nitrogens with zero attached hydrogens (tertiary/aromatic N) is 4. The van der Waals surface area contributed by atoms with Crippen molar-refractivity contribution in [2.45, 2.75) is 50.6 Å². The summed E-state index contributed by atoms with van der Waals surface area (Å²) in [5, 5.41) is 0. The second kappa shape index (κ2) is 13.4. The molecule has 44 heavy (non-hydrogen) atoms. The molecule has 2 aliphatic rings. The third-order valence-electron chi connectivity index (χ3n) is 8.91. The van der Waals surface area contributed by atoms with Crippen molar-refractivity contribution < 1.29 is 18.7 Å². The van der Waals surface area contributed by atoms with Crippen LogP contribution in [-0.2, 0) is 22.5 Å². The minimum Gasteiger partial charge on any atom is -0.490 e. The van der Waals surface area contributed by atoms with Gasteiger partial charge in [0.05, 0.1) is 17.7 Å². The molecule has 1 fully saturated rings. The van der Waals surface area contributed by atoms with Gasteiger partial charge in [0, 0.05) is 58.8 Å². The Bertz CT molecular complexity index is 1600. The Morgan fingerprint density at radius 2 is 1.95 bits per heavy atom. The molecule has 3 aromatic carbocycles. The van der Waals surface area contributed by atoms with Crippen molar-refractivity contribution in [3.05, 3.63) is 77.9 Å². The van der Waals surface area contributed by atoms with Crippen molar-refractivity contribution in [3.63, 3.8) is 0 Å². The van der Waals surface area contributed by atoms with Crippen LogP contribution < -0.4 is 15.4 Å². The highest BCUT2D eigenvalue weighted by Gasteiger charge is 2.29. The lowest BCUT2D eigenvalue weighted by atomic mass is 9.95. The van der Waals surface area contributed by atoms with Crippen LogP contribution in [0.15, 0.2) is 60.7 Å². The van der Waals surface area contributed by atoms with Crippen molar-refractivity contribution in [2.24, 2.45) is 5.73 Å². The third-order valence-corrected chi connectivity index (χ3v) is 8.91. The van der Waals surface area contributed by atoms with Gasteiger partial charge >= 0.3 is 0 Å². The zero-order valence-electron chi connectivity index (χ0n) is 25.7. The maximum atomic E-state index is 14.7. The number of aromatic nitrogens is 2. The van der Waals surface area contributed by atoms with E-state index < -0.39 is 0 Å². The highest BCUT2D eigenvalue weighted by Crippen LogP contribution is 2.35. The molecule has 2 N–H and O–H groups in total. The second-order valence-electron chi connectivity index (χ2n) is 12.1. The minimum atomic E-state index is -0.318. The van der Waals surface area contributed by atoms with Crippen LogP contribution in [0.3, 0.4) is 0 Å². The summed E-state index contributed by atoms with van der Waals surface area (Å²) >= 11 is 0. The van der Waals surface area contributed by atoms with Crippen LogP contribution in [0.2, 0.25) is 0 Å². The Kier molecular flexibility index (Phi) is 9.14. The number of hydrogen-bond donors (Lipinski definition) is 1. The molecule has 3 heterocycles. The topological polar surface area (TPSA) is 85.8 Å². The average molecular weight is 600 g/mol. The van der Waals surface area contributed by atoms with Crippen LogP contribution in [0.25, 0.3) is 22.2 Å². The zero-order chi connectivity index (χ0) is 30.6. The molecule has 2 unspecified atom stereocenters. The van der Waals surface area contributed by atoms with Gasteiger partial charge in [-0.2, -0.15) is 0 Å². The molecule has 1 saturated heterocycles. The summed E-state index contributed by atoms with van der Waals surface area (Å²) in [5.74, 6) is 1.55. The number of carbonyl (C=O) groups is 1. The van der Waals surface area contributed by atoms with Gasteiger partial charge in [-0.3, -0.25) is 4.79 Å². The molecule has 0 aliphatic carbocycles. The maximum Gasteiger partial charge on any atom is 0.224 e. The highest BCUT2D eigenvalue weighted by molar-refractivity contribution is 5.78. The van der Waals surface area contributed by atoms with Gasteiger partial charge in [0.1, 0.15) is 23.7 Å². The fourth-order valence-electron chi connectivity index (χ4n) is 6.56. The predicted octanol–water partition coefficient (Wildman–Crippen LogP) is 5.37. The fraction of sp³-hybridized carbons (Fsp3) is 0.429. The molecule has 4 aromatic rings. The number of para-hydroxylation sites is 1. The van der Waals surface area contributed by atoms with Crippen LogP contribution >= 0.6 is 0 Å². The Morgan fingerprint density at radius 1 is 1.14 bits per heavy atom. The van der Waals surface area contributed by atoms with Crippen LogP contribution in [0.4, 0.5) is 10.1 Å². The quantitative estimate of drug-likeness (QED) is 0.247. The van der Waals surface area contributed by atoms with Gasteiger partial charge in [-0.05, 0) is 66.6 Å². The van der Waals surface area contributed by atoms with Crippen LogP contribution in [0, 0.1) is 5.82 Å². The van der Waals surface area contributed by atoms with E-state index in [0.29, 0.717) is 44.8 Å². The van der Waals surface area contributed by atoms with Gasteiger partial charge in [0.25, 0.3) is 0 Å². The summed E-state index contributed by atoms with van der Waals surface area (Å²) in [6.07, 6.45) is 3.49. The number of amides is 1. The minimum absolute atomic E-state index is 0.0419. The van der Waals surface area contributed by atoms with E-state index in [9.17, 15) is 9.18 Å². The number of carbonyl (C=O) groups excluding carboxylic acids is 1. The summed E-state index contributed by atoms with van der Waals surface area (Å²) in [5.41, 5.74) is 12.1. The van der Waals surface area contributed by atoms with E-state index in [0.717, 1.165) is 65.3 Å². The van der Waals surface area contributed by atoms with Crippen molar-refractivity contribution in [2.75, 3.05) is 51.9 Å². The van der Waals surface area contributed by atoms with Gasteiger partial charge in [0.2, 0.25) is 5.91 Å². The fourth-order valence-corrected chi connectivity index (χ4v) is 6.56. The Labute approximate surface area is 258 Å². The number of fused-ring (bicyclic) bond motifs is 2. The number of piperidine rings is 1. The average Bonchev–Trinajstić information content (AvgIpc) is 3.41. The molecule has 2 atom stereocenters. The maximum absolute atomic E-state index is 14.7. The van der Waals surface area contributed by atoms with Crippen molar-refractivity contribution in [1.82, 2.24) is 14.5 Å². The van der Waals surface area contributed by atoms with Crippen LogP contribution in [0.1, 0.15) is 43.0 Å². The molecular formula is C35H42FN5O3. The van der Waals surface area contributed by atoms with E-state index in [1.807, 2.05) is 11.0 Å². The second-order valence-corrected chi connectivity index (χ2v) is 12.1. The van der Waals surface area contributed by atoms with Gasteiger partial charge in [0.15, 0.2) is 5.82 Å². The summed E-state index contributed by atoms with van der Waals surface area (Å²) in [6.45, 7) is 4.16. The van der Waals surface area contributed by atoms with Gasteiger partial charge in [-0.15, -0.1) is 0 Å². The number of hydrogen-bond acceptors (Lipinski definition) is 6. The first-order chi connectivity index (χ1) is 21.4. The molecule has 0 spiro atoms. The smallest absolute Gasteiger partial charge is 0.224 e. The first-order valence-corrected chi connectivity index (χ1v) is 15.7. The first-order valence-electron chi connectivity index (χ1n) is 15.7. The molecule has 1 aromatic heterocycles. The molecule has 6 rings (SSSR count). The highest BCUT2D eigenvalue weighted by atomic mass is 19.1. The van der Waals surface area contributed by atoms with Crippen molar-refractivity contribution in [1.29, 1.82) is 0 Å². The first kappa shape index (κ1) is 30.1. The number of imidazole rings is 1. The molecule has 0 saturated carbocycles.